The van der Waals surface area contributed by atoms with Gasteiger partial charge in [-0.2, -0.15) is 0 Å². The van der Waals surface area contributed by atoms with Crippen molar-refractivity contribution in [2.45, 2.75) is 26.5 Å². The average molecular weight is 407 g/mol. The molecule has 0 aliphatic heterocycles. The molecule has 0 aliphatic rings. The summed E-state index contributed by atoms with van der Waals surface area (Å²) in [7, 11) is 1.67. The van der Waals surface area contributed by atoms with E-state index in [0.717, 1.165) is 54.1 Å². The topological polar surface area (TPSA) is 42.5 Å². The van der Waals surface area contributed by atoms with Gasteiger partial charge in [0.25, 0.3) is 0 Å². The zero-order valence-corrected chi connectivity index (χ0v) is 16.6. The maximum atomic E-state index is 5.97. The number of halogens is 1. The molecule has 2 N–H and O–H groups in total. The van der Waals surface area contributed by atoms with Crippen LogP contribution < -0.4 is 20.1 Å². The molecule has 0 fully saturated rings. The monoisotopic (exact) mass is 406 g/mol. The van der Waals surface area contributed by atoms with Crippen molar-refractivity contribution in [1.82, 2.24) is 10.6 Å². The van der Waals surface area contributed by atoms with Crippen LogP contribution in [-0.4, -0.2) is 26.7 Å². The Morgan fingerprint density at radius 1 is 1.00 bits per heavy atom. The van der Waals surface area contributed by atoms with Crippen molar-refractivity contribution in [2.24, 2.45) is 0 Å². The van der Waals surface area contributed by atoms with E-state index in [0.29, 0.717) is 6.61 Å². The molecule has 0 bridgehead atoms. The molecular formula is C20H27BrN2O2. The Labute approximate surface area is 159 Å². The van der Waals surface area contributed by atoms with Crippen molar-refractivity contribution < 1.29 is 9.47 Å². The molecule has 0 spiro atoms. The second kappa shape index (κ2) is 11.1. The van der Waals surface area contributed by atoms with E-state index in [9.17, 15) is 0 Å². The normalized spacial score (nSPS) is 10.7. The lowest BCUT2D eigenvalue weighted by Crippen LogP contribution is -2.21. The van der Waals surface area contributed by atoms with Crippen molar-refractivity contribution in [3.8, 4) is 11.5 Å². The minimum atomic E-state index is 0.512. The van der Waals surface area contributed by atoms with Crippen molar-refractivity contribution in [3.63, 3.8) is 0 Å². The molecule has 2 rings (SSSR count). The molecule has 0 atom stereocenters. The van der Waals surface area contributed by atoms with Crippen molar-refractivity contribution in [1.29, 1.82) is 0 Å². The summed E-state index contributed by atoms with van der Waals surface area (Å²) in [5.41, 5.74) is 2.29. The van der Waals surface area contributed by atoms with E-state index in [2.05, 4.69) is 39.6 Å². The smallest absolute Gasteiger partial charge is 0.175 e. The third kappa shape index (κ3) is 6.69. The van der Waals surface area contributed by atoms with Crippen LogP contribution in [0.2, 0.25) is 0 Å². The molecule has 0 aromatic heterocycles. The summed E-state index contributed by atoms with van der Waals surface area (Å²) in [6, 6.07) is 14.2. The summed E-state index contributed by atoms with van der Waals surface area (Å²) in [6.45, 7) is 6.49. The maximum absolute atomic E-state index is 5.97. The third-order valence-electron chi connectivity index (χ3n) is 3.80. The second-order valence-electron chi connectivity index (χ2n) is 5.77. The molecular weight excluding hydrogens is 380 g/mol. The van der Waals surface area contributed by atoms with Crippen LogP contribution in [0, 0.1) is 0 Å². The minimum Gasteiger partial charge on any atom is -0.493 e. The molecule has 0 unspecified atom stereocenters. The third-order valence-corrected chi connectivity index (χ3v) is 4.39. The van der Waals surface area contributed by atoms with Crippen LogP contribution in [-0.2, 0) is 13.2 Å². The van der Waals surface area contributed by atoms with Crippen molar-refractivity contribution >= 4 is 15.9 Å². The highest BCUT2D eigenvalue weighted by molar-refractivity contribution is 9.10. The van der Waals surface area contributed by atoms with Gasteiger partial charge in [-0.3, -0.25) is 0 Å². The van der Waals surface area contributed by atoms with Gasteiger partial charge in [0, 0.05) is 6.54 Å². The van der Waals surface area contributed by atoms with Crippen molar-refractivity contribution in [3.05, 3.63) is 58.1 Å². The summed E-state index contributed by atoms with van der Waals surface area (Å²) in [6.07, 6.45) is 1.12. The standard InChI is InChI=1S/C20H27BrN2O2/c1-3-22-10-7-11-23-14-17-12-18(21)20(19(13-17)24-2)25-15-16-8-5-4-6-9-16/h4-6,8-9,12-13,22-23H,3,7,10-11,14-15H2,1-2H3. The van der Waals surface area contributed by atoms with E-state index in [1.54, 1.807) is 7.11 Å². The molecule has 0 radical (unpaired) electrons. The molecule has 2 aromatic rings. The van der Waals surface area contributed by atoms with Gasteiger partial charge in [-0.05, 0) is 65.2 Å². The van der Waals surface area contributed by atoms with E-state index in [4.69, 9.17) is 9.47 Å². The molecule has 0 amide bonds. The Balaban J connectivity index is 1.92. The molecule has 25 heavy (non-hydrogen) atoms. The van der Waals surface area contributed by atoms with E-state index in [-0.39, 0.29) is 0 Å². The van der Waals surface area contributed by atoms with Gasteiger partial charge in [0.1, 0.15) is 6.61 Å². The van der Waals surface area contributed by atoms with Gasteiger partial charge in [0.05, 0.1) is 11.6 Å². The fourth-order valence-corrected chi connectivity index (χ4v) is 3.10. The number of hydrogen-bond donors (Lipinski definition) is 2. The zero-order valence-electron chi connectivity index (χ0n) is 15.0. The lowest BCUT2D eigenvalue weighted by molar-refractivity contribution is 0.282. The highest BCUT2D eigenvalue weighted by atomic mass is 79.9. The maximum Gasteiger partial charge on any atom is 0.175 e. The first-order valence-corrected chi connectivity index (χ1v) is 9.48. The summed E-state index contributed by atoms with van der Waals surface area (Å²) >= 11 is 3.61. The number of methoxy groups -OCH3 is 1. The lowest BCUT2D eigenvalue weighted by Gasteiger charge is -2.15. The van der Waals surface area contributed by atoms with Gasteiger partial charge in [-0.15, -0.1) is 0 Å². The number of nitrogens with one attached hydrogen (secondary N) is 2. The second-order valence-corrected chi connectivity index (χ2v) is 6.62. The lowest BCUT2D eigenvalue weighted by atomic mass is 10.2. The van der Waals surface area contributed by atoms with E-state index >= 15 is 0 Å². The molecule has 0 saturated carbocycles. The van der Waals surface area contributed by atoms with Gasteiger partial charge in [0.2, 0.25) is 0 Å². The van der Waals surface area contributed by atoms with E-state index in [1.165, 1.54) is 5.56 Å². The number of rotatable bonds is 11. The number of hydrogen-bond acceptors (Lipinski definition) is 4. The van der Waals surface area contributed by atoms with Gasteiger partial charge in [-0.25, -0.2) is 0 Å². The summed E-state index contributed by atoms with van der Waals surface area (Å²) in [5.74, 6) is 1.48. The van der Waals surface area contributed by atoms with Crippen LogP contribution in [0.5, 0.6) is 11.5 Å². The fraction of sp³-hybridized carbons (Fsp3) is 0.400. The summed E-state index contributed by atoms with van der Waals surface area (Å²) in [5, 5.41) is 6.78. The highest BCUT2D eigenvalue weighted by Gasteiger charge is 2.12. The van der Waals surface area contributed by atoms with Gasteiger partial charge in [0.15, 0.2) is 11.5 Å². The van der Waals surface area contributed by atoms with Crippen LogP contribution in [0.4, 0.5) is 0 Å². The van der Waals surface area contributed by atoms with Gasteiger partial charge in [-0.1, -0.05) is 37.3 Å². The van der Waals surface area contributed by atoms with Gasteiger partial charge >= 0.3 is 0 Å². The quantitative estimate of drug-likeness (QED) is 0.550. The van der Waals surface area contributed by atoms with Crippen LogP contribution in [0.1, 0.15) is 24.5 Å². The Kier molecular flexibility index (Phi) is 8.80. The predicted molar refractivity (Wildman–Crippen MR) is 106 cm³/mol. The average Bonchev–Trinajstić information content (AvgIpc) is 2.64. The first-order valence-electron chi connectivity index (χ1n) is 8.69. The first-order chi connectivity index (χ1) is 12.2. The molecule has 0 aliphatic carbocycles. The highest BCUT2D eigenvalue weighted by Crippen LogP contribution is 2.37. The molecule has 136 valence electrons. The molecule has 5 heteroatoms. The summed E-state index contributed by atoms with van der Waals surface area (Å²) < 4.78 is 12.4. The number of benzene rings is 2. The Hall–Kier alpha value is -1.56. The Morgan fingerprint density at radius 2 is 1.76 bits per heavy atom. The van der Waals surface area contributed by atoms with Crippen molar-refractivity contribution in [2.75, 3.05) is 26.7 Å². The largest absolute Gasteiger partial charge is 0.493 e. The van der Waals surface area contributed by atoms with Gasteiger partial charge < -0.3 is 20.1 Å². The first kappa shape index (κ1) is 19.8. The predicted octanol–water partition coefficient (Wildman–Crippen LogP) is 4.13. The molecule has 2 aromatic carbocycles. The van der Waals surface area contributed by atoms with Crippen LogP contribution in [0.15, 0.2) is 46.9 Å². The fourth-order valence-electron chi connectivity index (χ4n) is 2.49. The Morgan fingerprint density at radius 3 is 2.48 bits per heavy atom. The zero-order chi connectivity index (χ0) is 17.9. The summed E-state index contributed by atoms with van der Waals surface area (Å²) in [4.78, 5) is 0. The molecule has 0 saturated heterocycles. The molecule has 4 nitrogen and oxygen atoms in total. The molecule has 0 heterocycles. The van der Waals surface area contributed by atoms with E-state index < -0.39 is 0 Å². The van der Waals surface area contributed by atoms with Crippen LogP contribution >= 0.6 is 15.9 Å². The van der Waals surface area contributed by atoms with Crippen LogP contribution in [0.25, 0.3) is 0 Å². The number of ether oxygens (including phenoxy) is 2. The SMILES string of the molecule is CCNCCCNCc1cc(Br)c(OCc2ccccc2)c(OC)c1. The minimum absolute atomic E-state index is 0.512. The Bertz CT molecular complexity index is 635. The van der Waals surface area contributed by atoms with Crippen LogP contribution in [0.3, 0.4) is 0 Å². The van der Waals surface area contributed by atoms with E-state index in [1.807, 2.05) is 36.4 Å².